The molecule has 5 heteroatoms. The summed E-state index contributed by atoms with van der Waals surface area (Å²) in [6.45, 7) is 5.43. The van der Waals surface area contributed by atoms with Crippen LogP contribution in [0.5, 0.6) is 5.75 Å². The number of hydrogen-bond acceptors (Lipinski definition) is 3. The molecule has 0 aliphatic rings. The molecule has 0 unspecified atom stereocenters. The second kappa shape index (κ2) is 15.7. The van der Waals surface area contributed by atoms with Gasteiger partial charge < -0.3 is 20.3 Å². The molecule has 0 saturated heterocycles. The van der Waals surface area contributed by atoms with Crippen molar-refractivity contribution in [2.24, 2.45) is 0 Å². The van der Waals surface area contributed by atoms with Gasteiger partial charge in [0, 0.05) is 23.6 Å². The van der Waals surface area contributed by atoms with Gasteiger partial charge in [-0.15, -0.1) is 0 Å². The molecule has 0 aliphatic heterocycles. The second-order valence-electron chi connectivity index (χ2n) is 9.23. The molecule has 0 bridgehead atoms. The Morgan fingerprint density at radius 3 is 2.16 bits per heavy atom. The lowest BCUT2D eigenvalue weighted by molar-refractivity contribution is 0.0954. The summed E-state index contributed by atoms with van der Waals surface area (Å²) in [6.07, 6.45) is 18.7. The lowest BCUT2D eigenvalue weighted by atomic mass is 10.1. The number of carbonyl (C=O) groups is 1. The molecule has 0 saturated carbocycles. The van der Waals surface area contributed by atoms with Crippen LogP contribution in [0.1, 0.15) is 101 Å². The van der Waals surface area contributed by atoms with Crippen molar-refractivity contribution < 1.29 is 9.90 Å². The average molecular weight is 444 g/mol. The van der Waals surface area contributed by atoms with Crippen LogP contribution >= 0.6 is 0 Å². The standard InChI is InChI=1S/C27H45N3O2/c1-3-4-5-6-8-11-14-19-30(2)20-15-12-9-7-10-13-18-28-27(32)25-22-29-26-17-16-23(31)21-24(25)26/h16-17,21-22,29,31H,3-15,18-20H2,1-2H3,(H,28,32). The molecule has 0 aliphatic carbocycles. The lowest BCUT2D eigenvalue weighted by Crippen LogP contribution is -2.24. The zero-order valence-corrected chi connectivity index (χ0v) is 20.4. The van der Waals surface area contributed by atoms with Gasteiger partial charge in [0.25, 0.3) is 5.91 Å². The molecule has 1 amide bonds. The number of benzene rings is 1. The van der Waals surface area contributed by atoms with E-state index in [0.29, 0.717) is 12.1 Å². The number of aromatic hydroxyl groups is 1. The quantitative estimate of drug-likeness (QED) is 0.227. The van der Waals surface area contributed by atoms with Crippen LogP contribution in [0.4, 0.5) is 0 Å². The van der Waals surface area contributed by atoms with Crippen molar-refractivity contribution in [1.82, 2.24) is 15.2 Å². The number of phenolic OH excluding ortho intramolecular Hbond substituents is 1. The fraction of sp³-hybridized carbons (Fsp3) is 0.667. The summed E-state index contributed by atoms with van der Waals surface area (Å²) in [5, 5.41) is 13.4. The van der Waals surface area contributed by atoms with Gasteiger partial charge in [-0.2, -0.15) is 0 Å². The van der Waals surface area contributed by atoms with Crippen LogP contribution < -0.4 is 5.32 Å². The highest BCUT2D eigenvalue weighted by molar-refractivity contribution is 6.07. The van der Waals surface area contributed by atoms with Gasteiger partial charge in [-0.1, -0.05) is 71.1 Å². The van der Waals surface area contributed by atoms with Crippen LogP contribution in [-0.2, 0) is 0 Å². The fourth-order valence-corrected chi connectivity index (χ4v) is 4.26. The van der Waals surface area contributed by atoms with E-state index in [9.17, 15) is 9.90 Å². The second-order valence-corrected chi connectivity index (χ2v) is 9.23. The lowest BCUT2D eigenvalue weighted by Gasteiger charge is -2.16. The third-order valence-corrected chi connectivity index (χ3v) is 6.31. The predicted molar refractivity (Wildman–Crippen MR) is 135 cm³/mol. The molecule has 180 valence electrons. The maximum absolute atomic E-state index is 12.4. The smallest absolute Gasteiger partial charge is 0.253 e. The van der Waals surface area contributed by atoms with Crippen LogP contribution in [0.15, 0.2) is 24.4 Å². The molecular formula is C27H45N3O2. The van der Waals surface area contributed by atoms with Gasteiger partial charge in [-0.05, 0) is 57.6 Å². The SMILES string of the molecule is CCCCCCCCCN(C)CCCCCCCCNC(=O)c1c[nH]c2ccc(O)cc12. The normalized spacial score (nSPS) is 11.5. The molecule has 0 fully saturated rings. The van der Waals surface area contributed by atoms with E-state index in [2.05, 4.69) is 29.2 Å². The van der Waals surface area contributed by atoms with Crippen LogP contribution in [-0.4, -0.2) is 47.6 Å². The minimum absolute atomic E-state index is 0.0779. The Labute approximate surface area is 195 Å². The number of nitrogens with one attached hydrogen (secondary N) is 2. The van der Waals surface area contributed by atoms with E-state index in [1.165, 1.54) is 83.7 Å². The maximum atomic E-state index is 12.4. The Morgan fingerprint density at radius 1 is 0.906 bits per heavy atom. The van der Waals surface area contributed by atoms with Crippen molar-refractivity contribution in [3.05, 3.63) is 30.0 Å². The fourth-order valence-electron chi connectivity index (χ4n) is 4.26. The van der Waals surface area contributed by atoms with Gasteiger partial charge in [-0.25, -0.2) is 0 Å². The number of nitrogens with zero attached hydrogens (tertiary/aromatic N) is 1. The van der Waals surface area contributed by atoms with Crippen LogP contribution in [0, 0.1) is 0 Å². The summed E-state index contributed by atoms with van der Waals surface area (Å²) in [6, 6.07) is 5.04. The number of carbonyl (C=O) groups excluding carboxylic acids is 1. The summed E-state index contributed by atoms with van der Waals surface area (Å²) in [5.74, 6) is 0.0981. The van der Waals surface area contributed by atoms with Crippen LogP contribution in [0.3, 0.4) is 0 Å². The molecule has 0 atom stereocenters. The summed E-state index contributed by atoms with van der Waals surface area (Å²) >= 11 is 0. The van der Waals surface area contributed by atoms with E-state index >= 15 is 0 Å². The van der Waals surface area contributed by atoms with Crippen molar-refractivity contribution in [3.8, 4) is 5.75 Å². The molecule has 3 N–H and O–H groups in total. The molecule has 0 radical (unpaired) electrons. The largest absolute Gasteiger partial charge is 0.508 e. The number of fused-ring (bicyclic) bond motifs is 1. The van der Waals surface area contributed by atoms with Crippen LogP contribution in [0.2, 0.25) is 0 Å². The topological polar surface area (TPSA) is 68.4 Å². The minimum atomic E-state index is -0.0779. The van der Waals surface area contributed by atoms with E-state index in [4.69, 9.17) is 0 Å². The van der Waals surface area contributed by atoms with Gasteiger partial charge >= 0.3 is 0 Å². The van der Waals surface area contributed by atoms with E-state index in [-0.39, 0.29) is 11.7 Å². The van der Waals surface area contributed by atoms with Crippen molar-refractivity contribution >= 4 is 16.8 Å². The summed E-state index contributed by atoms with van der Waals surface area (Å²) in [7, 11) is 2.26. The number of phenols is 1. The van der Waals surface area contributed by atoms with E-state index in [1.807, 2.05) is 0 Å². The Hall–Kier alpha value is -2.01. The Kier molecular flexibility index (Phi) is 12.9. The van der Waals surface area contributed by atoms with E-state index in [1.54, 1.807) is 24.4 Å². The molecule has 2 aromatic rings. The van der Waals surface area contributed by atoms with Gasteiger partial charge in [0.05, 0.1) is 5.56 Å². The number of unbranched alkanes of at least 4 members (excludes halogenated alkanes) is 11. The molecule has 2 rings (SSSR count). The first-order valence-corrected chi connectivity index (χ1v) is 12.9. The van der Waals surface area contributed by atoms with Crippen molar-refractivity contribution in [2.75, 3.05) is 26.7 Å². The van der Waals surface area contributed by atoms with Gasteiger partial charge in [-0.3, -0.25) is 4.79 Å². The van der Waals surface area contributed by atoms with E-state index in [0.717, 1.165) is 23.7 Å². The summed E-state index contributed by atoms with van der Waals surface area (Å²) < 4.78 is 0. The monoisotopic (exact) mass is 443 g/mol. The maximum Gasteiger partial charge on any atom is 0.253 e. The molecule has 0 spiro atoms. The minimum Gasteiger partial charge on any atom is -0.508 e. The highest BCUT2D eigenvalue weighted by Gasteiger charge is 2.11. The van der Waals surface area contributed by atoms with Gasteiger partial charge in [0.15, 0.2) is 0 Å². The molecular weight excluding hydrogens is 398 g/mol. The van der Waals surface area contributed by atoms with Gasteiger partial charge in [0.1, 0.15) is 5.75 Å². The number of aromatic amines is 1. The zero-order chi connectivity index (χ0) is 23.0. The van der Waals surface area contributed by atoms with E-state index < -0.39 is 0 Å². The molecule has 1 aromatic carbocycles. The first-order valence-electron chi connectivity index (χ1n) is 12.9. The van der Waals surface area contributed by atoms with Crippen molar-refractivity contribution in [2.45, 2.75) is 90.4 Å². The number of aromatic nitrogens is 1. The Morgan fingerprint density at radius 2 is 1.50 bits per heavy atom. The highest BCUT2D eigenvalue weighted by Crippen LogP contribution is 2.22. The number of H-pyrrole nitrogens is 1. The molecule has 1 aromatic heterocycles. The molecule has 1 heterocycles. The zero-order valence-electron chi connectivity index (χ0n) is 20.4. The number of hydrogen-bond donors (Lipinski definition) is 3. The van der Waals surface area contributed by atoms with Crippen molar-refractivity contribution in [1.29, 1.82) is 0 Å². The molecule has 32 heavy (non-hydrogen) atoms. The molecule has 5 nitrogen and oxygen atoms in total. The Bertz CT molecular complexity index is 771. The predicted octanol–water partition coefficient (Wildman–Crippen LogP) is 6.63. The highest BCUT2D eigenvalue weighted by atomic mass is 16.3. The number of rotatable bonds is 18. The third kappa shape index (κ3) is 10.1. The van der Waals surface area contributed by atoms with Gasteiger partial charge in [0.2, 0.25) is 0 Å². The Balaban J connectivity index is 1.42. The van der Waals surface area contributed by atoms with Crippen molar-refractivity contribution in [3.63, 3.8) is 0 Å². The third-order valence-electron chi connectivity index (χ3n) is 6.31. The number of amides is 1. The summed E-state index contributed by atoms with van der Waals surface area (Å²) in [4.78, 5) is 18.0. The first kappa shape index (κ1) is 26.2. The van der Waals surface area contributed by atoms with Crippen LogP contribution in [0.25, 0.3) is 10.9 Å². The average Bonchev–Trinajstić information content (AvgIpc) is 3.20. The first-order chi connectivity index (χ1) is 15.6. The summed E-state index contributed by atoms with van der Waals surface area (Å²) in [5.41, 5.74) is 1.46.